The molecule has 0 aliphatic heterocycles. The molecule has 6 aromatic heterocycles. The van der Waals surface area contributed by atoms with E-state index >= 15 is 0 Å². The van der Waals surface area contributed by atoms with Gasteiger partial charge in [-0.05, 0) is 0 Å². The third-order valence-corrected chi connectivity index (χ3v) is 7.73. The third-order valence-electron chi connectivity index (χ3n) is 7.73. The first-order valence-corrected chi connectivity index (χ1v) is 22.3. The molecular formula is C38H56N26O20Tb2+2. The zero-order valence-electron chi connectivity index (χ0n) is 44.7. The number of aliphatic hydroxyl groups is 2. The number of nitrogens with one attached hydrogen (secondary N) is 6. The summed E-state index contributed by atoms with van der Waals surface area (Å²) in [5, 5.41) is 102. The maximum atomic E-state index is 8.25. The number of aromatic amines is 6. The molecule has 0 atom stereocenters. The van der Waals surface area contributed by atoms with E-state index < -0.39 is 30.5 Å². The summed E-state index contributed by atoms with van der Waals surface area (Å²) in [6.45, 7) is 9.14. The molecule has 6 heterocycles. The molecule has 0 spiro atoms. The van der Waals surface area contributed by atoms with Crippen molar-refractivity contribution in [2.75, 3.05) is 92.8 Å². The summed E-state index contributed by atoms with van der Waals surface area (Å²) in [5.41, 5.74) is 4.99. The van der Waals surface area contributed by atoms with Crippen LogP contribution >= 0.6 is 0 Å². The van der Waals surface area contributed by atoms with Gasteiger partial charge in [0.2, 0.25) is 0 Å². The molecule has 474 valence electrons. The van der Waals surface area contributed by atoms with Gasteiger partial charge in [0.1, 0.15) is 0 Å². The smallest absolute Gasteiger partial charge is 0.400 e. The molecule has 2 radical (unpaired) electrons. The van der Waals surface area contributed by atoms with Crippen LogP contribution in [0.3, 0.4) is 0 Å². The molecule has 0 aliphatic carbocycles. The van der Waals surface area contributed by atoms with Crippen LogP contribution in [0, 0.1) is 169 Å². The van der Waals surface area contributed by atoms with E-state index in [0.717, 1.165) is 87.7 Å². The summed E-state index contributed by atoms with van der Waals surface area (Å²) in [6, 6.07) is 0. The first kappa shape index (κ1) is 88.1. The maximum absolute atomic E-state index is 8.25. The van der Waals surface area contributed by atoms with Crippen LogP contribution < -0.4 is 0 Å². The number of nitrogens with zero attached hydrogens (tertiary/aromatic N) is 20. The quantitative estimate of drug-likeness (QED) is 0.0213. The Morgan fingerprint density at radius 2 is 0.442 bits per heavy atom. The molecule has 0 amide bonds. The zero-order valence-corrected chi connectivity index (χ0v) is 49.0. The minimum atomic E-state index is -1.75. The summed E-state index contributed by atoms with van der Waals surface area (Å²) < 4.78 is 0. The first-order valence-electron chi connectivity index (χ1n) is 22.3. The number of hydrogen-bond acceptors (Lipinski definition) is 34. The molecule has 86 heavy (non-hydrogen) atoms. The standard InChI is InChI=1S/2C18H24N10.2CH4O.6NO3.2Tb/c2*1(19-7-16-10-22-13-25-16)4-28(5-2-20-8-17-11-23-14-26-17)6-3-21-9-18-12-24-15-27-18;2*1-2;6*2-1(3)4;;/h2*7-15H,1-6H2,(H,22,25)(H,23,26)(H,24,27);2*2H,1H3;;;;;;;;/q;;;;6*-1;2*+4. The van der Waals surface area contributed by atoms with Gasteiger partial charge >= 0.3 is 77.2 Å². The average Bonchev–Trinajstić information content (AvgIpc) is 4.29. The average molecular weight is 1510 g/mol. The van der Waals surface area contributed by atoms with E-state index in [0.29, 0.717) is 39.3 Å². The predicted molar refractivity (Wildman–Crippen MR) is 298 cm³/mol. The molecule has 6 aromatic rings. The van der Waals surface area contributed by atoms with Gasteiger partial charge < -0.3 is 132 Å². The summed E-state index contributed by atoms with van der Waals surface area (Å²) >= 11 is 0. The summed E-state index contributed by atoms with van der Waals surface area (Å²) in [7, 11) is 2.00. The Morgan fingerprint density at radius 3 is 0.535 bits per heavy atom. The fourth-order valence-corrected chi connectivity index (χ4v) is 4.87. The van der Waals surface area contributed by atoms with Crippen LogP contribution in [0.15, 0.2) is 105 Å². The fraction of sp³-hybridized carbons (Fsp3) is 0.368. The zero-order chi connectivity index (χ0) is 64.0. The number of H-pyrrole nitrogens is 6. The second-order valence-corrected chi connectivity index (χ2v) is 13.2. The summed E-state index contributed by atoms with van der Waals surface area (Å²) in [4.78, 5) is 123. The van der Waals surface area contributed by atoms with Crippen LogP contribution in [0.2, 0.25) is 0 Å². The van der Waals surface area contributed by atoms with Crippen molar-refractivity contribution < 1.29 is 118 Å². The van der Waals surface area contributed by atoms with Crippen LogP contribution in [0.5, 0.6) is 0 Å². The number of aliphatic hydroxyl groups excluding tert-OH is 2. The summed E-state index contributed by atoms with van der Waals surface area (Å²) in [6.07, 6.45) is 31.4. The molecule has 0 fully saturated rings. The van der Waals surface area contributed by atoms with Crippen LogP contribution in [-0.4, -0.2) is 240 Å². The van der Waals surface area contributed by atoms with E-state index in [-0.39, 0.29) is 77.2 Å². The van der Waals surface area contributed by atoms with Gasteiger partial charge in [0.05, 0.1) is 142 Å². The van der Waals surface area contributed by atoms with E-state index in [1.54, 1.807) is 75.3 Å². The van der Waals surface area contributed by atoms with Crippen molar-refractivity contribution in [3.8, 4) is 0 Å². The first-order chi connectivity index (χ1) is 40.2. The minimum absolute atomic E-state index is 0. The van der Waals surface area contributed by atoms with E-state index in [1.165, 1.54) is 0 Å². The maximum Gasteiger partial charge on any atom is 4.00 e. The molecular weight excluding hydrogens is 1460 g/mol. The van der Waals surface area contributed by atoms with Gasteiger partial charge in [0.25, 0.3) is 0 Å². The molecule has 0 saturated heterocycles. The molecule has 0 unspecified atom stereocenters. The second-order valence-electron chi connectivity index (χ2n) is 13.2. The SMILES string of the molecule is C(=NCCN(CCN=Cc1c[nH]cn1)CCN=Cc1c[nH]cn1)c1c[nH]cn1.C(=NCCN(CCN=Cc1c[nH]cn1)CCN=Cc1c[nH]cn1)c1c[nH]cn1.CO.CO.O=[N+]([O-])[O-].O=[N+]([O-])[O-].O=[N+]([O-])[O-].O=[N+]([O-])[O-].O=[N+]([O-])[O-].O=[N+]([O-])[O-].[Tb+4].[Tb+4]. The van der Waals surface area contributed by atoms with E-state index in [9.17, 15) is 0 Å². The Kier molecular flexibility index (Phi) is 66.7. The molecule has 0 bridgehead atoms. The normalized spacial score (nSPS) is 9.84. The molecule has 8 N–H and O–H groups in total. The second kappa shape index (κ2) is 65.1. The van der Waals surface area contributed by atoms with Crippen molar-refractivity contribution in [1.82, 2.24) is 69.6 Å². The Bertz CT molecular complexity index is 2160. The number of aromatic nitrogens is 12. The van der Waals surface area contributed by atoms with Crippen molar-refractivity contribution in [3.05, 3.63) is 201 Å². The third kappa shape index (κ3) is 72.9. The van der Waals surface area contributed by atoms with Gasteiger partial charge in [0, 0.05) is 128 Å². The van der Waals surface area contributed by atoms with E-state index in [4.69, 9.17) is 102 Å². The minimum Gasteiger partial charge on any atom is -0.400 e. The van der Waals surface area contributed by atoms with E-state index in [1.807, 2.05) is 37.2 Å². The molecule has 6 rings (SSSR count). The molecule has 46 nitrogen and oxygen atoms in total. The van der Waals surface area contributed by atoms with Crippen molar-refractivity contribution in [1.29, 1.82) is 0 Å². The van der Waals surface area contributed by atoms with Crippen molar-refractivity contribution in [2.45, 2.75) is 0 Å². The Morgan fingerprint density at radius 1 is 0.326 bits per heavy atom. The summed E-state index contributed by atoms with van der Waals surface area (Å²) in [5.74, 6) is 0. The van der Waals surface area contributed by atoms with Gasteiger partial charge in [-0.2, -0.15) is 0 Å². The Hall–Kier alpha value is -9.11. The fourth-order valence-electron chi connectivity index (χ4n) is 4.87. The molecule has 0 saturated carbocycles. The number of imidazole rings is 6. The van der Waals surface area contributed by atoms with Gasteiger partial charge in [-0.15, -0.1) is 0 Å². The Balaban J connectivity index is -0.000000256. The topological polar surface area (TPSA) is 690 Å². The van der Waals surface area contributed by atoms with Crippen LogP contribution in [-0.2, 0) is 0 Å². The van der Waals surface area contributed by atoms with Gasteiger partial charge in [-0.1, -0.05) is 0 Å². The van der Waals surface area contributed by atoms with Gasteiger partial charge in [-0.25, -0.2) is 29.9 Å². The van der Waals surface area contributed by atoms with Crippen LogP contribution in [0.4, 0.5) is 0 Å². The van der Waals surface area contributed by atoms with E-state index in [2.05, 4.69) is 99.6 Å². The molecule has 48 heteroatoms. The molecule has 0 aromatic carbocycles. The van der Waals surface area contributed by atoms with Crippen molar-refractivity contribution >= 4 is 37.3 Å². The van der Waals surface area contributed by atoms with Gasteiger partial charge in [0.15, 0.2) is 0 Å². The monoisotopic (exact) mass is 1510 g/mol. The van der Waals surface area contributed by atoms with Crippen LogP contribution in [0.1, 0.15) is 34.2 Å². The molecule has 0 aliphatic rings. The Labute approximate surface area is 544 Å². The number of hydrogen-bond donors (Lipinski definition) is 8. The number of rotatable bonds is 24. The van der Waals surface area contributed by atoms with Gasteiger partial charge in [-0.3, -0.25) is 39.8 Å². The van der Waals surface area contributed by atoms with Crippen molar-refractivity contribution in [2.24, 2.45) is 30.0 Å². The van der Waals surface area contributed by atoms with Crippen molar-refractivity contribution in [3.63, 3.8) is 0 Å². The van der Waals surface area contributed by atoms with Crippen LogP contribution in [0.25, 0.3) is 0 Å². The number of aliphatic imine (C=N–C) groups is 6. The largest absolute Gasteiger partial charge is 4.00 e. The predicted octanol–water partition coefficient (Wildman–Crippen LogP) is -0.588.